The Balaban J connectivity index is 1.89. The molecule has 0 amide bonds. The number of aromatic amines is 1. The summed E-state index contributed by atoms with van der Waals surface area (Å²) in [5, 5.41) is 4.32. The third-order valence-electron chi connectivity index (χ3n) is 3.56. The number of halogens is 1. The largest absolute Gasteiger partial charge is 0.461 e. The Labute approximate surface area is 139 Å². The first-order valence-electron chi connectivity index (χ1n) is 7.42. The third-order valence-corrected chi connectivity index (χ3v) is 3.85. The van der Waals surface area contributed by atoms with Crippen LogP contribution < -0.4 is 5.32 Å². The Bertz CT molecular complexity index is 842. The van der Waals surface area contributed by atoms with Crippen molar-refractivity contribution in [2.24, 2.45) is 0 Å². The zero-order valence-electron chi connectivity index (χ0n) is 12.7. The van der Waals surface area contributed by atoms with Gasteiger partial charge in [0.2, 0.25) is 0 Å². The first kappa shape index (κ1) is 15.4. The van der Waals surface area contributed by atoms with Crippen molar-refractivity contribution in [2.45, 2.75) is 12.8 Å². The molecule has 0 radical (unpaired) electrons. The number of hydrogen-bond acceptors (Lipinski definition) is 3. The van der Waals surface area contributed by atoms with Crippen molar-refractivity contribution in [3.8, 4) is 0 Å². The van der Waals surface area contributed by atoms with Gasteiger partial charge in [0.25, 0.3) is 0 Å². The summed E-state index contributed by atoms with van der Waals surface area (Å²) >= 11 is 5.96. The molecule has 0 aliphatic rings. The van der Waals surface area contributed by atoms with Gasteiger partial charge in [-0.25, -0.2) is 4.79 Å². The molecule has 5 heteroatoms. The number of hydrogen-bond donors (Lipinski definition) is 2. The van der Waals surface area contributed by atoms with E-state index in [1.165, 1.54) is 0 Å². The average molecular weight is 329 g/mol. The number of carbonyl (C=O) groups excluding carboxylic acids is 1. The smallest absolute Gasteiger partial charge is 0.354 e. The van der Waals surface area contributed by atoms with Gasteiger partial charge in [0.15, 0.2) is 0 Å². The second-order valence-electron chi connectivity index (χ2n) is 5.12. The summed E-state index contributed by atoms with van der Waals surface area (Å²) in [6.07, 6.45) is 0. The van der Waals surface area contributed by atoms with Crippen molar-refractivity contribution in [3.63, 3.8) is 0 Å². The molecular formula is C18H17ClN2O2. The van der Waals surface area contributed by atoms with Gasteiger partial charge in [-0.05, 0) is 36.8 Å². The summed E-state index contributed by atoms with van der Waals surface area (Å²) in [6, 6.07) is 15.6. The first-order valence-corrected chi connectivity index (χ1v) is 7.95. The van der Waals surface area contributed by atoms with Crippen LogP contribution in [0.25, 0.3) is 10.9 Å². The highest BCUT2D eigenvalue weighted by Gasteiger charge is 2.10. The zero-order valence-corrected chi connectivity index (χ0v) is 13.5. The molecule has 0 spiro atoms. The van der Waals surface area contributed by atoms with Gasteiger partial charge in [0.05, 0.1) is 6.61 Å². The molecular weight excluding hydrogens is 312 g/mol. The number of para-hydroxylation sites is 1. The van der Waals surface area contributed by atoms with E-state index in [2.05, 4.69) is 10.3 Å². The molecule has 0 aliphatic heterocycles. The van der Waals surface area contributed by atoms with Gasteiger partial charge in [0.1, 0.15) is 5.69 Å². The van der Waals surface area contributed by atoms with Crippen LogP contribution in [0.15, 0.2) is 48.5 Å². The molecule has 0 atom stereocenters. The summed E-state index contributed by atoms with van der Waals surface area (Å²) in [6.45, 7) is 2.15. The molecule has 1 heterocycles. The Morgan fingerprint density at radius 3 is 2.83 bits per heavy atom. The summed E-state index contributed by atoms with van der Waals surface area (Å²) in [5.74, 6) is 0.103. The fraction of sp³-hybridized carbons (Fsp3) is 0.167. The number of fused-ring (bicyclic) bond motifs is 1. The van der Waals surface area contributed by atoms with Gasteiger partial charge in [-0.1, -0.05) is 24.3 Å². The fourth-order valence-electron chi connectivity index (χ4n) is 2.44. The number of carbonyl (C=O) groups is 1. The van der Waals surface area contributed by atoms with Crippen LogP contribution in [0.3, 0.4) is 0 Å². The zero-order chi connectivity index (χ0) is 16.2. The van der Waals surface area contributed by atoms with E-state index >= 15 is 0 Å². The number of benzene rings is 2. The van der Waals surface area contributed by atoms with Crippen molar-refractivity contribution in [3.05, 3.63) is 59.8 Å². The molecule has 0 bridgehead atoms. The number of esters is 1. The van der Waals surface area contributed by atoms with E-state index in [4.69, 9.17) is 16.3 Å². The van der Waals surface area contributed by atoms with Gasteiger partial charge < -0.3 is 15.0 Å². The van der Waals surface area contributed by atoms with Gasteiger partial charge in [-0.2, -0.15) is 0 Å². The topological polar surface area (TPSA) is 54.1 Å². The summed E-state index contributed by atoms with van der Waals surface area (Å²) in [5.41, 5.74) is 4.26. The van der Waals surface area contributed by atoms with Crippen LogP contribution in [0, 0.1) is 0 Å². The van der Waals surface area contributed by atoms with Crippen molar-refractivity contribution in [1.82, 2.24) is 4.98 Å². The Hall–Kier alpha value is -2.46. The number of anilines is 2. The van der Waals surface area contributed by atoms with Gasteiger partial charge in [-0.3, -0.25) is 0 Å². The van der Waals surface area contributed by atoms with Crippen LogP contribution in [-0.2, 0) is 10.6 Å². The minimum Gasteiger partial charge on any atom is -0.461 e. The second kappa shape index (κ2) is 6.75. The van der Waals surface area contributed by atoms with E-state index in [1.54, 1.807) is 13.0 Å². The highest BCUT2D eigenvalue weighted by molar-refractivity contribution is 6.17. The lowest BCUT2D eigenvalue weighted by Crippen LogP contribution is -2.04. The molecule has 23 heavy (non-hydrogen) atoms. The van der Waals surface area contributed by atoms with E-state index in [0.717, 1.165) is 27.8 Å². The Morgan fingerprint density at radius 2 is 2.04 bits per heavy atom. The Morgan fingerprint density at radius 1 is 1.22 bits per heavy atom. The van der Waals surface area contributed by atoms with Crippen LogP contribution in [0.1, 0.15) is 23.0 Å². The minimum atomic E-state index is -0.342. The maximum absolute atomic E-state index is 11.8. The molecule has 0 unspecified atom stereocenters. The van der Waals surface area contributed by atoms with Gasteiger partial charge >= 0.3 is 5.97 Å². The van der Waals surface area contributed by atoms with Gasteiger partial charge in [-0.15, -0.1) is 11.6 Å². The lowest BCUT2D eigenvalue weighted by Gasteiger charge is -2.10. The predicted molar refractivity (Wildman–Crippen MR) is 93.5 cm³/mol. The van der Waals surface area contributed by atoms with Crippen LogP contribution >= 0.6 is 11.6 Å². The van der Waals surface area contributed by atoms with Gasteiger partial charge in [0, 0.05) is 28.2 Å². The van der Waals surface area contributed by atoms with E-state index in [-0.39, 0.29) is 5.97 Å². The van der Waals surface area contributed by atoms with Crippen molar-refractivity contribution in [1.29, 1.82) is 0 Å². The lowest BCUT2D eigenvalue weighted by atomic mass is 10.2. The molecule has 0 saturated heterocycles. The number of nitrogens with one attached hydrogen (secondary N) is 2. The molecule has 0 saturated carbocycles. The molecule has 4 nitrogen and oxygen atoms in total. The van der Waals surface area contributed by atoms with Crippen LogP contribution in [0.4, 0.5) is 11.4 Å². The van der Waals surface area contributed by atoms with Crippen molar-refractivity contribution >= 4 is 39.8 Å². The molecule has 2 aromatic carbocycles. The SMILES string of the molecule is CCOC(=O)c1cc2ccc(Nc3ccccc3CCl)cc2[nH]1. The predicted octanol–water partition coefficient (Wildman–Crippen LogP) is 4.83. The number of rotatable bonds is 5. The van der Waals surface area contributed by atoms with Crippen molar-refractivity contribution < 1.29 is 9.53 Å². The summed E-state index contributed by atoms with van der Waals surface area (Å²) in [7, 11) is 0. The number of aromatic nitrogens is 1. The molecule has 3 rings (SSSR count). The van der Waals surface area contributed by atoms with Crippen LogP contribution in [0.5, 0.6) is 0 Å². The highest BCUT2D eigenvalue weighted by Crippen LogP contribution is 2.25. The van der Waals surface area contributed by atoms with E-state index in [0.29, 0.717) is 18.2 Å². The Kier molecular flexibility index (Phi) is 4.53. The molecule has 1 aromatic heterocycles. The maximum Gasteiger partial charge on any atom is 0.354 e. The summed E-state index contributed by atoms with van der Waals surface area (Å²) in [4.78, 5) is 14.9. The minimum absolute atomic E-state index is 0.342. The molecule has 2 N–H and O–H groups in total. The molecule has 0 fully saturated rings. The number of H-pyrrole nitrogens is 1. The normalized spacial score (nSPS) is 10.7. The van der Waals surface area contributed by atoms with E-state index < -0.39 is 0 Å². The average Bonchev–Trinajstić information content (AvgIpc) is 2.99. The molecule has 3 aromatic rings. The number of alkyl halides is 1. The van der Waals surface area contributed by atoms with Crippen LogP contribution in [-0.4, -0.2) is 17.6 Å². The van der Waals surface area contributed by atoms with Crippen molar-refractivity contribution in [2.75, 3.05) is 11.9 Å². The molecule has 0 aliphatic carbocycles. The monoisotopic (exact) mass is 328 g/mol. The van der Waals surface area contributed by atoms with Crippen LogP contribution in [0.2, 0.25) is 0 Å². The third kappa shape index (κ3) is 3.32. The molecule has 118 valence electrons. The van der Waals surface area contributed by atoms with E-state index in [9.17, 15) is 4.79 Å². The maximum atomic E-state index is 11.8. The quantitative estimate of drug-likeness (QED) is 0.521. The summed E-state index contributed by atoms with van der Waals surface area (Å²) < 4.78 is 5.01. The lowest BCUT2D eigenvalue weighted by molar-refractivity contribution is 0.0520. The highest BCUT2D eigenvalue weighted by atomic mass is 35.5. The standard InChI is InChI=1S/C18H17ClN2O2/c1-2-23-18(22)17-9-12-7-8-14(10-16(12)21-17)20-15-6-4-3-5-13(15)11-19/h3-10,20-21H,2,11H2,1H3. The second-order valence-corrected chi connectivity index (χ2v) is 5.39. The fourth-order valence-corrected chi connectivity index (χ4v) is 2.67. The number of ether oxygens (including phenoxy) is 1. The first-order chi connectivity index (χ1) is 11.2. The van der Waals surface area contributed by atoms with E-state index in [1.807, 2.05) is 42.5 Å².